The minimum absolute atomic E-state index is 0.110. The van der Waals surface area contributed by atoms with Crippen molar-refractivity contribution in [2.45, 2.75) is 39.5 Å². The van der Waals surface area contributed by atoms with Crippen LogP contribution in [0.15, 0.2) is 30.9 Å². The molecule has 94 valence electrons. The van der Waals surface area contributed by atoms with Crippen LogP contribution in [0.1, 0.15) is 38.8 Å². The van der Waals surface area contributed by atoms with Crippen LogP contribution in [0.4, 0.5) is 0 Å². The molecule has 0 aliphatic carbocycles. The van der Waals surface area contributed by atoms with Crippen LogP contribution < -0.4 is 4.74 Å². The molecule has 0 bridgehead atoms. The van der Waals surface area contributed by atoms with E-state index in [0.717, 1.165) is 12.2 Å². The fraction of sp³-hybridized carbons (Fsp3) is 0.500. The molecule has 1 aromatic carbocycles. The maximum atomic E-state index is 5.44. The van der Waals surface area contributed by atoms with Crippen molar-refractivity contribution in [2.75, 3.05) is 7.11 Å². The largest absolute Gasteiger partial charge is 0.496 e. The highest BCUT2D eigenvalue weighted by atomic mass is 16.5. The molecule has 0 amide bonds. The smallest absolute Gasteiger partial charge is 0.122 e. The fourth-order valence-corrected chi connectivity index (χ4v) is 1.92. The van der Waals surface area contributed by atoms with E-state index in [1.807, 2.05) is 6.08 Å². The van der Waals surface area contributed by atoms with Crippen molar-refractivity contribution in [1.29, 1.82) is 0 Å². The van der Waals surface area contributed by atoms with Gasteiger partial charge < -0.3 is 4.74 Å². The van der Waals surface area contributed by atoms with E-state index in [2.05, 4.69) is 52.5 Å². The predicted octanol–water partition coefficient (Wildman–Crippen LogP) is 4.36. The molecule has 0 aromatic heterocycles. The summed E-state index contributed by atoms with van der Waals surface area (Å²) in [6.45, 7) is 12.7. The van der Waals surface area contributed by atoms with Gasteiger partial charge in [0.25, 0.3) is 0 Å². The second kappa shape index (κ2) is 5.39. The molecule has 0 radical (unpaired) electrons. The summed E-state index contributed by atoms with van der Waals surface area (Å²) in [5, 5.41) is 0. The van der Waals surface area contributed by atoms with E-state index in [4.69, 9.17) is 4.74 Å². The lowest BCUT2D eigenvalue weighted by atomic mass is 9.84. The minimum atomic E-state index is 0.110. The number of rotatable bonds is 4. The van der Waals surface area contributed by atoms with Crippen molar-refractivity contribution in [1.82, 2.24) is 0 Å². The summed E-state index contributed by atoms with van der Waals surface area (Å²) < 4.78 is 5.44. The molecule has 1 rings (SSSR count). The standard InChI is InChI=1S/C16H24O/c1-7-12(2)10-13-8-9-15(17-6)14(11-13)16(3,4)5/h7-9,11-12H,1,10H2,2-6H3. The molecule has 1 aromatic rings. The third-order valence-corrected chi connectivity index (χ3v) is 3.03. The molecule has 1 heteroatoms. The SMILES string of the molecule is C=CC(C)Cc1ccc(OC)c(C(C)(C)C)c1. The van der Waals surface area contributed by atoms with E-state index in [1.54, 1.807) is 7.11 Å². The molecule has 1 nitrogen and oxygen atoms in total. The van der Waals surface area contributed by atoms with E-state index in [-0.39, 0.29) is 5.41 Å². The second-order valence-electron chi connectivity index (χ2n) is 5.70. The van der Waals surface area contributed by atoms with Gasteiger partial charge in [0, 0.05) is 0 Å². The first-order chi connectivity index (χ1) is 7.88. The minimum Gasteiger partial charge on any atom is -0.496 e. The number of allylic oxidation sites excluding steroid dienone is 1. The third kappa shape index (κ3) is 3.62. The molecular formula is C16H24O. The topological polar surface area (TPSA) is 9.23 Å². The van der Waals surface area contributed by atoms with Gasteiger partial charge in [0.05, 0.1) is 7.11 Å². The Labute approximate surface area is 106 Å². The highest BCUT2D eigenvalue weighted by Gasteiger charge is 2.19. The molecule has 0 saturated carbocycles. The Bertz CT molecular complexity index is 385. The van der Waals surface area contributed by atoms with Crippen molar-refractivity contribution in [3.05, 3.63) is 42.0 Å². The first-order valence-corrected chi connectivity index (χ1v) is 6.18. The molecule has 0 N–H and O–H groups in total. The van der Waals surface area contributed by atoms with E-state index in [9.17, 15) is 0 Å². The lowest BCUT2D eigenvalue weighted by Crippen LogP contribution is -2.13. The Hall–Kier alpha value is -1.24. The Morgan fingerprint density at radius 2 is 2.00 bits per heavy atom. The number of hydrogen-bond acceptors (Lipinski definition) is 1. The normalized spacial score (nSPS) is 13.2. The van der Waals surface area contributed by atoms with Crippen molar-refractivity contribution in [3.8, 4) is 5.75 Å². The molecule has 1 unspecified atom stereocenters. The number of hydrogen-bond donors (Lipinski definition) is 0. The maximum Gasteiger partial charge on any atom is 0.122 e. The predicted molar refractivity (Wildman–Crippen MR) is 74.8 cm³/mol. The van der Waals surface area contributed by atoms with Crippen LogP contribution >= 0.6 is 0 Å². The summed E-state index contributed by atoms with van der Waals surface area (Å²) in [5.41, 5.74) is 2.73. The lowest BCUT2D eigenvalue weighted by Gasteiger charge is -2.23. The Morgan fingerprint density at radius 3 is 2.47 bits per heavy atom. The Morgan fingerprint density at radius 1 is 1.35 bits per heavy atom. The van der Waals surface area contributed by atoms with Crippen LogP contribution in [0, 0.1) is 5.92 Å². The summed E-state index contributed by atoms with van der Waals surface area (Å²) in [6, 6.07) is 6.48. The average molecular weight is 232 g/mol. The number of methoxy groups -OCH3 is 1. The van der Waals surface area contributed by atoms with Gasteiger partial charge in [-0.15, -0.1) is 6.58 Å². The van der Waals surface area contributed by atoms with E-state index >= 15 is 0 Å². The maximum absolute atomic E-state index is 5.44. The van der Waals surface area contributed by atoms with Crippen LogP contribution in [0.5, 0.6) is 5.75 Å². The first kappa shape index (κ1) is 13.8. The molecule has 0 spiro atoms. The molecular weight excluding hydrogens is 208 g/mol. The van der Waals surface area contributed by atoms with E-state index in [1.165, 1.54) is 11.1 Å². The van der Waals surface area contributed by atoms with Crippen molar-refractivity contribution < 1.29 is 4.74 Å². The summed E-state index contributed by atoms with van der Waals surface area (Å²) in [4.78, 5) is 0. The molecule has 0 aliphatic rings. The lowest BCUT2D eigenvalue weighted by molar-refractivity contribution is 0.397. The van der Waals surface area contributed by atoms with Crippen LogP contribution in [0.3, 0.4) is 0 Å². The molecule has 0 heterocycles. The zero-order valence-corrected chi connectivity index (χ0v) is 11.7. The van der Waals surface area contributed by atoms with Crippen molar-refractivity contribution in [3.63, 3.8) is 0 Å². The third-order valence-electron chi connectivity index (χ3n) is 3.03. The molecule has 0 saturated heterocycles. The molecule has 0 aliphatic heterocycles. The van der Waals surface area contributed by atoms with Gasteiger partial charge >= 0.3 is 0 Å². The fourth-order valence-electron chi connectivity index (χ4n) is 1.92. The van der Waals surface area contributed by atoms with Gasteiger partial charge in [0.1, 0.15) is 5.75 Å². The van der Waals surface area contributed by atoms with Gasteiger partial charge in [-0.3, -0.25) is 0 Å². The zero-order chi connectivity index (χ0) is 13.1. The summed E-state index contributed by atoms with van der Waals surface area (Å²) in [7, 11) is 1.73. The summed E-state index contributed by atoms with van der Waals surface area (Å²) in [6.07, 6.45) is 3.04. The Kier molecular flexibility index (Phi) is 4.39. The van der Waals surface area contributed by atoms with E-state index in [0.29, 0.717) is 5.92 Å². The van der Waals surface area contributed by atoms with Crippen LogP contribution in [-0.4, -0.2) is 7.11 Å². The summed E-state index contributed by atoms with van der Waals surface area (Å²) >= 11 is 0. The number of benzene rings is 1. The summed E-state index contributed by atoms with van der Waals surface area (Å²) in [5.74, 6) is 1.49. The van der Waals surface area contributed by atoms with Crippen LogP contribution in [0.2, 0.25) is 0 Å². The molecule has 17 heavy (non-hydrogen) atoms. The molecule has 0 fully saturated rings. The molecule has 1 atom stereocenters. The first-order valence-electron chi connectivity index (χ1n) is 6.18. The zero-order valence-electron chi connectivity index (χ0n) is 11.7. The second-order valence-corrected chi connectivity index (χ2v) is 5.70. The van der Waals surface area contributed by atoms with Gasteiger partial charge in [-0.05, 0) is 34.9 Å². The van der Waals surface area contributed by atoms with Crippen molar-refractivity contribution >= 4 is 0 Å². The van der Waals surface area contributed by atoms with Crippen molar-refractivity contribution in [2.24, 2.45) is 5.92 Å². The van der Waals surface area contributed by atoms with Gasteiger partial charge in [-0.2, -0.15) is 0 Å². The van der Waals surface area contributed by atoms with Gasteiger partial charge in [0.15, 0.2) is 0 Å². The van der Waals surface area contributed by atoms with Crippen LogP contribution in [-0.2, 0) is 11.8 Å². The number of ether oxygens (including phenoxy) is 1. The quantitative estimate of drug-likeness (QED) is 0.701. The van der Waals surface area contributed by atoms with Crippen LogP contribution in [0.25, 0.3) is 0 Å². The monoisotopic (exact) mass is 232 g/mol. The highest BCUT2D eigenvalue weighted by Crippen LogP contribution is 2.32. The Balaban J connectivity index is 3.09. The highest BCUT2D eigenvalue weighted by molar-refractivity contribution is 5.41. The average Bonchev–Trinajstić information content (AvgIpc) is 2.27. The van der Waals surface area contributed by atoms with Gasteiger partial charge in [-0.25, -0.2) is 0 Å². The van der Waals surface area contributed by atoms with Gasteiger partial charge in [0.2, 0.25) is 0 Å². The van der Waals surface area contributed by atoms with Gasteiger partial charge in [-0.1, -0.05) is 45.9 Å². The van der Waals surface area contributed by atoms with E-state index < -0.39 is 0 Å².